The summed E-state index contributed by atoms with van der Waals surface area (Å²) in [6, 6.07) is 5.87. The lowest BCUT2D eigenvalue weighted by Gasteiger charge is -2.29. The molecule has 1 saturated heterocycles. The summed E-state index contributed by atoms with van der Waals surface area (Å²) in [6.45, 7) is 5.90. The summed E-state index contributed by atoms with van der Waals surface area (Å²) in [4.78, 5) is 16.6. The van der Waals surface area contributed by atoms with Gasteiger partial charge in [-0.25, -0.2) is 0 Å². The number of carbonyl (C=O) groups excluding carboxylic acids is 1. The van der Waals surface area contributed by atoms with Crippen LogP contribution in [-0.4, -0.2) is 44.2 Å². The Morgan fingerprint density at radius 2 is 2.13 bits per heavy atom. The number of carbonyl (C=O) groups is 1. The Morgan fingerprint density at radius 3 is 2.70 bits per heavy atom. The lowest BCUT2D eigenvalue weighted by atomic mass is 10.1. The van der Waals surface area contributed by atoms with E-state index in [1.54, 1.807) is 0 Å². The van der Waals surface area contributed by atoms with Crippen LogP contribution in [0.4, 0.5) is 11.4 Å². The van der Waals surface area contributed by atoms with Crippen molar-refractivity contribution in [3.63, 3.8) is 0 Å². The first-order valence-corrected chi connectivity index (χ1v) is 8.34. The molecule has 2 N–H and O–H groups in total. The van der Waals surface area contributed by atoms with Gasteiger partial charge in [-0.05, 0) is 36.6 Å². The van der Waals surface area contributed by atoms with Crippen LogP contribution in [0.2, 0.25) is 0 Å². The summed E-state index contributed by atoms with van der Waals surface area (Å²) in [5.41, 5.74) is 8.84. The molecular weight excluding hydrogens is 290 g/mol. The number of hydrogen-bond donors (Lipinski definition) is 1. The predicted octanol–water partition coefficient (Wildman–Crippen LogP) is 2.50. The average Bonchev–Trinajstić information content (AvgIpc) is 2.98. The Balaban J connectivity index is 2.22. The molecular formula is C18H29N3O2. The first kappa shape index (κ1) is 17.6. The summed E-state index contributed by atoms with van der Waals surface area (Å²) in [6.07, 6.45) is 2.26. The lowest BCUT2D eigenvalue weighted by Crippen LogP contribution is -2.39. The molecule has 0 bridgehead atoms. The molecule has 5 heteroatoms. The van der Waals surface area contributed by atoms with Crippen LogP contribution in [0, 0.1) is 5.92 Å². The van der Waals surface area contributed by atoms with Crippen molar-refractivity contribution in [1.29, 1.82) is 0 Å². The second kappa shape index (κ2) is 7.68. The maximum absolute atomic E-state index is 12.6. The molecule has 5 nitrogen and oxygen atoms in total. The van der Waals surface area contributed by atoms with Gasteiger partial charge in [0, 0.05) is 51.1 Å². The van der Waals surface area contributed by atoms with Crippen molar-refractivity contribution in [3.05, 3.63) is 23.8 Å². The predicted molar refractivity (Wildman–Crippen MR) is 94.4 cm³/mol. The molecule has 1 aromatic rings. The molecule has 128 valence electrons. The third-order valence-electron chi connectivity index (χ3n) is 4.20. The fourth-order valence-corrected chi connectivity index (χ4v) is 3.01. The number of anilines is 2. The van der Waals surface area contributed by atoms with Gasteiger partial charge in [0.15, 0.2) is 0 Å². The van der Waals surface area contributed by atoms with Crippen molar-refractivity contribution < 1.29 is 9.53 Å². The molecule has 0 aliphatic carbocycles. The molecule has 1 aliphatic heterocycles. The molecule has 1 fully saturated rings. The maximum Gasteiger partial charge on any atom is 0.225 e. The van der Waals surface area contributed by atoms with Crippen LogP contribution in [-0.2, 0) is 16.1 Å². The highest BCUT2D eigenvalue weighted by Crippen LogP contribution is 2.25. The zero-order valence-electron chi connectivity index (χ0n) is 14.7. The summed E-state index contributed by atoms with van der Waals surface area (Å²) in [5.74, 6) is 0.132. The van der Waals surface area contributed by atoms with E-state index in [0.29, 0.717) is 13.1 Å². The molecule has 0 saturated carbocycles. The topological polar surface area (TPSA) is 58.8 Å². The third-order valence-corrected chi connectivity index (χ3v) is 4.20. The number of nitrogens with two attached hydrogens (primary N) is 1. The number of nitrogen functional groups attached to an aromatic ring is 1. The van der Waals surface area contributed by atoms with Gasteiger partial charge >= 0.3 is 0 Å². The lowest BCUT2D eigenvalue weighted by molar-refractivity contribution is -0.136. The van der Waals surface area contributed by atoms with Crippen molar-refractivity contribution in [1.82, 2.24) is 4.90 Å². The number of amides is 1. The van der Waals surface area contributed by atoms with Crippen LogP contribution in [0.1, 0.15) is 32.3 Å². The molecule has 1 unspecified atom stereocenters. The van der Waals surface area contributed by atoms with Crippen LogP contribution < -0.4 is 10.6 Å². The summed E-state index contributed by atoms with van der Waals surface area (Å²) >= 11 is 0. The minimum atomic E-state index is -0.0275. The molecule has 0 radical (unpaired) electrons. The number of nitrogens with zero attached hydrogens (tertiary/aromatic N) is 2. The van der Waals surface area contributed by atoms with Gasteiger partial charge in [-0.1, -0.05) is 13.8 Å². The molecule has 1 amide bonds. The molecule has 0 aromatic heterocycles. The number of hydrogen-bond acceptors (Lipinski definition) is 4. The van der Waals surface area contributed by atoms with E-state index >= 15 is 0 Å². The van der Waals surface area contributed by atoms with E-state index in [9.17, 15) is 4.79 Å². The third kappa shape index (κ3) is 4.61. The first-order chi connectivity index (χ1) is 10.9. The minimum Gasteiger partial charge on any atom is -0.399 e. The van der Waals surface area contributed by atoms with Gasteiger partial charge in [-0.2, -0.15) is 0 Å². The van der Waals surface area contributed by atoms with E-state index in [1.165, 1.54) is 0 Å². The highest BCUT2D eigenvalue weighted by Gasteiger charge is 2.25. The standard InChI is InChI=1S/C18H29N3O2/c1-13(2)18(22)21(12-16-6-5-9-23-16)11-14-10-15(19)7-8-17(14)20(3)4/h7-8,10,13,16H,5-6,9,11-12,19H2,1-4H3. The zero-order chi connectivity index (χ0) is 17.0. The molecule has 0 spiro atoms. The first-order valence-electron chi connectivity index (χ1n) is 8.34. The second-order valence-electron chi connectivity index (χ2n) is 6.79. The Hall–Kier alpha value is -1.75. The fraction of sp³-hybridized carbons (Fsp3) is 0.611. The Morgan fingerprint density at radius 1 is 1.39 bits per heavy atom. The Bertz CT molecular complexity index is 537. The van der Waals surface area contributed by atoms with Crippen LogP contribution >= 0.6 is 0 Å². The van der Waals surface area contributed by atoms with Gasteiger partial charge < -0.3 is 20.3 Å². The molecule has 1 aromatic carbocycles. The van der Waals surface area contributed by atoms with Gasteiger partial charge in [0.25, 0.3) is 0 Å². The number of benzene rings is 1. The van der Waals surface area contributed by atoms with E-state index in [4.69, 9.17) is 10.5 Å². The average molecular weight is 319 g/mol. The SMILES string of the molecule is CC(C)C(=O)N(Cc1cc(N)ccc1N(C)C)CC1CCCO1. The second-order valence-corrected chi connectivity index (χ2v) is 6.79. The molecule has 1 heterocycles. The molecule has 1 aliphatic rings. The molecule has 2 rings (SSSR count). The van der Waals surface area contributed by atoms with Crippen LogP contribution in [0.15, 0.2) is 18.2 Å². The van der Waals surface area contributed by atoms with E-state index in [2.05, 4.69) is 4.90 Å². The largest absolute Gasteiger partial charge is 0.399 e. The van der Waals surface area contributed by atoms with Crippen LogP contribution in [0.25, 0.3) is 0 Å². The Kier molecular flexibility index (Phi) is 5.88. The number of ether oxygens (including phenoxy) is 1. The smallest absolute Gasteiger partial charge is 0.225 e. The van der Waals surface area contributed by atoms with Gasteiger partial charge in [0.2, 0.25) is 5.91 Å². The minimum absolute atomic E-state index is 0.0275. The van der Waals surface area contributed by atoms with Gasteiger partial charge in [-0.3, -0.25) is 4.79 Å². The van der Waals surface area contributed by atoms with Crippen molar-refractivity contribution in [2.45, 2.75) is 39.3 Å². The van der Waals surface area contributed by atoms with Crippen molar-refractivity contribution in [3.8, 4) is 0 Å². The maximum atomic E-state index is 12.6. The monoisotopic (exact) mass is 319 g/mol. The van der Waals surface area contributed by atoms with E-state index in [0.717, 1.165) is 36.4 Å². The van der Waals surface area contributed by atoms with Gasteiger partial charge in [-0.15, -0.1) is 0 Å². The van der Waals surface area contributed by atoms with Crippen molar-refractivity contribution in [2.24, 2.45) is 5.92 Å². The Labute approximate surface area is 139 Å². The van der Waals surface area contributed by atoms with Crippen molar-refractivity contribution in [2.75, 3.05) is 37.9 Å². The normalized spacial score (nSPS) is 17.5. The van der Waals surface area contributed by atoms with Crippen molar-refractivity contribution >= 4 is 17.3 Å². The summed E-state index contributed by atoms with van der Waals surface area (Å²) in [5, 5.41) is 0. The van der Waals surface area contributed by atoms with Gasteiger partial charge in [0.05, 0.1) is 6.10 Å². The zero-order valence-corrected chi connectivity index (χ0v) is 14.7. The number of rotatable bonds is 6. The van der Waals surface area contributed by atoms with E-state index < -0.39 is 0 Å². The van der Waals surface area contributed by atoms with Gasteiger partial charge in [0.1, 0.15) is 0 Å². The van der Waals surface area contributed by atoms with E-state index in [1.807, 2.05) is 51.0 Å². The van der Waals surface area contributed by atoms with E-state index in [-0.39, 0.29) is 17.9 Å². The summed E-state index contributed by atoms with van der Waals surface area (Å²) < 4.78 is 5.72. The van der Waals surface area contributed by atoms with Crippen LogP contribution in [0.5, 0.6) is 0 Å². The fourth-order valence-electron chi connectivity index (χ4n) is 3.01. The summed E-state index contributed by atoms with van der Waals surface area (Å²) in [7, 11) is 4.01. The highest BCUT2D eigenvalue weighted by atomic mass is 16.5. The van der Waals surface area contributed by atoms with Crippen LogP contribution in [0.3, 0.4) is 0 Å². The molecule has 23 heavy (non-hydrogen) atoms. The quantitative estimate of drug-likeness (QED) is 0.819. The highest BCUT2D eigenvalue weighted by molar-refractivity contribution is 5.78. The molecule has 1 atom stereocenters.